The van der Waals surface area contributed by atoms with Crippen LogP contribution in [0.3, 0.4) is 0 Å². The first-order valence-corrected chi connectivity index (χ1v) is 3.69. The molecule has 0 aromatic rings. The van der Waals surface area contributed by atoms with Gasteiger partial charge >= 0.3 is 0 Å². The third kappa shape index (κ3) is 3.52. The zero-order valence-corrected chi connectivity index (χ0v) is 6.90. The first kappa shape index (κ1) is 8.96. The van der Waals surface area contributed by atoms with Crippen LogP contribution < -0.4 is 0 Å². The Labute approximate surface area is 58.1 Å². The van der Waals surface area contributed by atoms with Crippen molar-refractivity contribution in [1.82, 2.24) is 0 Å². The Morgan fingerprint density at radius 1 is 1.44 bits per heavy atom. The van der Waals surface area contributed by atoms with Crippen molar-refractivity contribution in [2.75, 3.05) is 0 Å². The minimum Gasteiger partial charge on any atom is -0.230 e. The molecule has 0 amide bonds. The van der Waals surface area contributed by atoms with E-state index in [1.807, 2.05) is 6.92 Å². The molecule has 0 rings (SSSR count). The molecule has 0 aromatic carbocycles. The van der Waals surface area contributed by atoms with Crippen LogP contribution in [0.4, 0.5) is 0 Å². The third-order valence-corrected chi connectivity index (χ3v) is 1.91. The molecule has 1 unspecified atom stereocenters. The predicted octanol–water partition coefficient (Wildman–Crippen LogP) is 2.63. The summed E-state index contributed by atoms with van der Waals surface area (Å²) in [5, 5.41) is 11.2. The van der Waals surface area contributed by atoms with E-state index < -0.39 is 5.60 Å². The summed E-state index contributed by atoms with van der Waals surface area (Å²) in [6.45, 7) is 7.65. The molecule has 1 radical (unpaired) electrons. The van der Waals surface area contributed by atoms with Gasteiger partial charge in [-0.15, -0.1) is 0 Å². The maximum Gasteiger partial charge on any atom is 0.101 e. The molecular formula is C8H17O. The largest absolute Gasteiger partial charge is 0.230 e. The number of rotatable bonds is 3. The van der Waals surface area contributed by atoms with Gasteiger partial charge in [0.1, 0.15) is 5.60 Å². The van der Waals surface area contributed by atoms with Gasteiger partial charge in [-0.3, -0.25) is 0 Å². The summed E-state index contributed by atoms with van der Waals surface area (Å²) >= 11 is 0. The van der Waals surface area contributed by atoms with Crippen molar-refractivity contribution in [2.24, 2.45) is 5.92 Å². The Morgan fingerprint density at radius 3 is 2.00 bits per heavy atom. The second-order valence-corrected chi connectivity index (χ2v) is 3.29. The quantitative estimate of drug-likeness (QED) is 0.558. The maximum absolute atomic E-state index is 11.2. The van der Waals surface area contributed by atoms with Crippen molar-refractivity contribution in [2.45, 2.75) is 46.1 Å². The normalized spacial score (nSPS) is 15.7. The van der Waals surface area contributed by atoms with E-state index in [1.54, 1.807) is 13.8 Å². The third-order valence-electron chi connectivity index (χ3n) is 1.91. The van der Waals surface area contributed by atoms with Gasteiger partial charge in [0.15, 0.2) is 0 Å². The molecule has 0 heterocycles. The highest BCUT2D eigenvalue weighted by atomic mass is 16.3. The van der Waals surface area contributed by atoms with Crippen LogP contribution in [0.15, 0.2) is 0 Å². The molecule has 9 heavy (non-hydrogen) atoms. The van der Waals surface area contributed by atoms with Gasteiger partial charge in [0.2, 0.25) is 0 Å². The lowest BCUT2D eigenvalue weighted by atomic mass is 9.89. The Bertz CT molecular complexity index is 71.1. The van der Waals surface area contributed by atoms with Crippen LogP contribution in [0.2, 0.25) is 0 Å². The van der Waals surface area contributed by atoms with Gasteiger partial charge in [-0.1, -0.05) is 20.3 Å². The monoisotopic (exact) mass is 129 g/mol. The lowest BCUT2D eigenvalue weighted by Crippen LogP contribution is -2.26. The van der Waals surface area contributed by atoms with Crippen molar-refractivity contribution >= 4 is 0 Å². The molecule has 0 aliphatic heterocycles. The fraction of sp³-hybridized carbons (Fsp3) is 1.00. The van der Waals surface area contributed by atoms with E-state index in [4.69, 9.17) is 0 Å². The van der Waals surface area contributed by atoms with E-state index in [2.05, 4.69) is 6.92 Å². The first-order valence-electron chi connectivity index (χ1n) is 3.69. The minimum absolute atomic E-state index is 0.308. The average Bonchev–Trinajstić information content (AvgIpc) is 1.64. The standard InChI is InChI=1S/C8H17O/c1-5-6-7(2)8(3,4)9/h7H,5-6H2,1-4H3. The molecule has 1 heteroatoms. The Hall–Kier alpha value is -0.0400. The smallest absolute Gasteiger partial charge is 0.101 e. The van der Waals surface area contributed by atoms with Crippen molar-refractivity contribution < 1.29 is 5.11 Å². The van der Waals surface area contributed by atoms with E-state index >= 15 is 0 Å². The Balaban J connectivity index is 3.59. The Kier molecular flexibility index (Phi) is 3.20. The average molecular weight is 129 g/mol. The van der Waals surface area contributed by atoms with E-state index in [9.17, 15) is 5.11 Å². The lowest BCUT2D eigenvalue weighted by Gasteiger charge is -2.22. The highest BCUT2D eigenvalue weighted by molar-refractivity contribution is 4.71. The molecule has 0 fully saturated rings. The fourth-order valence-electron chi connectivity index (χ4n) is 0.781. The lowest BCUT2D eigenvalue weighted by molar-refractivity contribution is -0.0435. The van der Waals surface area contributed by atoms with E-state index in [0.717, 1.165) is 12.8 Å². The van der Waals surface area contributed by atoms with Gasteiger partial charge in [0.05, 0.1) is 0 Å². The van der Waals surface area contributed by atoms with Crippen molar-refractivity contribution in [1.29, 1.82) is 0 Å². The molecule has 55 valence electrons. The topological polar surface area (TPSA) is 19.9 Å². The summed E-state index contributed by atoms with van der Waals surface area (Å²) in [5.41, 5.74) is -0.740. The SMILES string of the molecule is CCCC(C)C(C)(C)[O]. The van der Waals surface area contributed by atoms with Gasteiger partial charge in [0.25, 0.3) is 0 Å². The molecule has 1 atom stereocenters. The summed E-state index contributed by atoms with van der Waals surface area (Å²) in [4.78, 5) is 0. The molecule has 0 saturated heterocycles. The number of hydrogen-bond acceptors (Lipinski definition) is 0. The van der Waals surface area contributed by atoms with Gasteiger partial charge in [0, 0.05) is 0 Å². The highest BCUT2D eigenvalue weighted by Crippen LogP contribution is 2.20. The molecule has 0 aromatic heterocycles. The van der Waals surface area contributed by atoms with Crippen LogP contribution in [0.5, 0.6) is 0 Å². The van der Waals surface area contributed by atoms with Gasteiger partial charge < -0.3 is 0 Å². The van der Waals surface area contributed by atoms with Gasteiger partial charge in [-0.05, 0) is 26.2 Å². The molecule has 1 nitrogen and oxygen atoms in total. The van der Waals surface area contributed by atoms with Crippen LogP contribution in [0.25, 0.3) is 0 Å². The van der Waals surface area contributed by atoms with Crippen molar-refractivity contribution in [3.8, 4) is 0 Å². The highest BCUT2D eigenvalue weighted by Gasteiger charge is 2.22. The van der Waals surface area contributed by atoms with Crippen LogP contribution >= 0.6 is 0 Å². The molecule has 0 N–H and O–H groups in total. The van der Waals surface area contributed by atoms with Crippen molar-refractivity contribution in [3.05, 3.63) is 0 Å². The molecule has 0 spiro atoms. The summed E-state index contributed by atoms with van der Waals surface area (Å²) in [7, 11) is 0. The zero-order valence-electron chi connectivity index (χ0n) is 6.90. The summed E-state index contributed by atoms with van der Waals surface area (Å²) < 4.78 is 0. The van der Waals surface area contributed by atoms with Crippen molar-refractivity contribution in [3.63, 3.8) is 0 Å². The van der Waals surface area contributed by atoms with Crippen LogP contribution in [0.1, 0.15) is 40.5 Å². The zero-order chi connectivity index (χ0) is 7.49. The Morgan fingerprint density at radius 2 is 1.89 bits per heavy atom. The minimum atomic E-state index is -0.740. The van der Waals surface area contributed by atoms with E-state index in [0.29, 0.717) is 5.92 Å². The van der Waals surface area contributed by atoms with Gasteiger partial charge in [-0.25, -0.2) is 5.11 Å². The van der Waals surface area contributed by atoms with E-state index in [1.165, 1.54) is 0 Å². The molecule has 0 aliphatic rings. The summed E-state index contributed by atoms with van der Waals surface area (Å²) in [6, 6.07) is 0. The second-order valence-electron chi connectivity index (χ2n) is 3.29. The molecule has 0 bridgehead atoms. The van der Waals surface area contributed by atoms with Gasteiger partial charge in [-0.2, -0.15) is 0 Å². The molecule has 0 saturated carbocycles. The fourth-order valence-corrected chi connectivity index (χ4v) is 0.781. The predicted molar refractivity (Wildman–Crippen MR) is 38.8 cm³/mol. The summed E-state index contributed by atoms with van der Waals surface area (Å²) in [5.74, 6) is 0.308. The number of hydrogen-bond donors (Lipinski definition) is 0. The molecular weight excluding hydrogens is 112 g/mol. The second kappa shape index (κ2) is 3.21. The van der Waals surface area contributed by atoms with Crippen LogP contribution in [0, 0.1) is 5.92 Å². The van der Waals surface area contributed by atoms with Crippen LogP contribution in [-0.4, -0.2) is 5.60 Å². The van der Waals surface area contributed by atoms with E-state index in [-0.39, 0.29) is 0 Å². The molecule has 0 aliphatic carbocycles. The summed E-state index contributed by atoms with van der Waals surface area (Å²) in [6.07, 6.45) is 2.17. The first-order chi connectivity index (χ1) is 3.98. The van der Waals surface area contributed by atoms with Crippen LogP contribution in [-0.2, 0) is 5.11 Å². The maximum atomic E-state index is 11.2.